The summed E-state index contributed by atoms with van der Waals surface area (Å²) in [6.07, 6.45) is 4.42. The van der Waals surface area contributed by atoms with Gasteiger partial charge in [0.15, 0.2) is 0 Å². The number of benzene rings is 1. The number of carbonyl (C=O) groups is 1. The monoisotopic (exact) mass is 281 g/mol. The molecule has 0 bridgehead atoms. The molecule has 2 N–H and O–H groups in total. The third kappa shape index (κ3) is 3.95. The van der Waals surface area contributed by atoms with E-state index in [-0.39, 0.29) is 11.9 Å². The highest BCUT2D eigenvalue weighted by molar-refractivity contribution is 6.17. The first-order chi connectivity index (χ1) is 9.20. The molecule has 1 amide bonds. The molecule has 3 nitrogen and oxygen atoms in total. The Morgan fingerprint density at radius 2 is 2.11 bits per heavy atom. The molecule has 0 heterocycles. The molecular formula is C15H20ClNO2. The largest absolute Gasteiger partial charge is 0.391 e. The number of hydrogen-bond acceptors (Lipinski definition) is 2. The predicted molar refractivity (Wildman–Crippen MR) is 76.3 cm³/mol. The fourth-order valence-corrected chi connectivity index (χ4v) is 2.67. The second-order valence-electron chi connectivity index (χ2n) is 5.12. The fraction of sp³-hybridized carbons (Fsp3) is 0.533. The van der Waals surface area contributed by atoms with Crippen LogP contribution >= 0.6 is 11.6 Å². The maximum absolute atomic E-state index is 12.2. The van der Waals surface area contributed by atoms with Crippen molar-refractivity contribution >= 4 is 17.5 Å². The molecule has 1 aliphatic carbocycles. The number of aliphatic hydroxyl groups is 1. The molecule has 0 saturated heterocycles. The Balaban J connectivity index is 2.02. The van der Waals surface area contributed by atoms with Crippen LogP contribution in [0.4, 0.5) is 0 Å². The minimum atomic E-state index is -0.428. The van der Waals surface area contributed by atoms with Gasteiger partial charge in [0.1, 0.15) is 0 Å². The first kappa shape index (κ1) is 14.4. The second kappa shape index (κ2) is 6.92. The van der Waals surface area contributed by atoms with Crippen LogP contribution in [0, 0.1) is 0 Å². The quantitative estimate of drug-likeness (QED) is 0.661. The van der Waals surface area contributed by atoms with Crippen molar-refractivity contribution in [2.45, 2.75) is 50.1 Å². The summed E-state index contributed by atoms with van der Waals surface area (Å²) in [6, 6.07) is 7.16. The highest BCUT2D eigenvalue weighted by Gasteiger charge is 2.23. The highest BCUT2D eigenvalue weighted by atomic mass is 35.5. The number of rotatable bonds is 3. The zero-order chi connectivity index (χ0) is 13.7. The van der Waals surface area contributed by atoms with Crippen LogP contribution in [0.1, 0.15) is 48.0 Å². The summed E-state index contributed by atoms with van der Waals surface area (Å²) < 4.78 is 0. The van der Waals surface area contributed by atoms with Gasteiger partial charge < -0.3 is 10.4 Å². The van der Waals surface area contributed by atoms with Gasteiger partial charge in [-0.05, 0) is 30.5 Å². The van der Waals surface area contributed by atoms with Crippen molar-refractivity contribution in [3.63, 3.8) is 0 Å². The minimum Gasteiger partial charge on any atom is -0.391 e. The van der Waals surface area contributed by atoms with Gasteiger partial charge in [0.05, 0.1) is 12.1 Å². The molecule has 104 valence electrons. The smallest absolute Gasteiger partial charge is 0.251 e. The van der Waals surface area contributed by atoms with E-state index in [1.54, 1.807) is 12.1 Å². The third-order valence-corrected chi connectivity index (χ3v) is 3.95. The van der Waals surface area contributed by atoms with E-state index >= 15 is 0 Å². The van der Waals surface area contributed by atoms with Crippen LogP contribution in [0.2, 0.25) is 0 Å². The number of alkyl halides is 1. The summed E-state index contributed by atoms with van der Waals surface area (Å²) >= 11 is 5.77. The van der Waals surface area contributed by atoms with E-state index in [4.69, 9.17) is 11.6 Å². The van der Waals surface area contributed by atoms with Gasteiger partial charge in [0, 0.05) is 11.4 Å². The number of hydrogen-bond donors (Lipinski definition) is 2. The zero-order valence-electron chi connectivity index (χ0n) is 10.9. The summed E-state index contributed by atoms with van der Waals surface area (Å²) in [7, 11) is 0. The van der Waals surface area contributed by atoms with Crippen molar-refractivity contribution in [1.82, 2.24) is 5.32 Å². The Morgan fingerprint density at radius 3 is 2.89 bits per heavy atom. The van der Waals surface area contributed by atoms with Crippen molar-refractivity contribution in [1.29, 1.82) is 0 Å². The van der Waals surface area contributed by atoms with E-state index in [0.29, 0.717) is 11.4 Å². The molecule has 1 aromatic rings. The first-order valence-electron chi connectivity index (χ1n) is 6.84. The summed E-state index contributed by atoms with van der Waals surface area (Å²) in [5.41, 5.74) is 1.53. The lowest BCUT2D eigenvalue weighted by molar-refractivity contribution is 0.0818. The normalized spacial score (nSPS) is 23.7. The second-order valence-corrected chi connectivity index (χ2v) is 5.39. The van der Waals surface area contributed by atoms with Crippen molar-refractivity contribution < 1.29 is 9.90 Å². The highest BCUT2D eigenvalue weighted by Crippen LogP contribution is 2.18. The van der Waals surface area contributed by atoms with Crippen LogP contribution < -0.4 is 5.32 Å². The standard InChI is InChI=1S/C15H20ClNO2/c16-10-11-5-4-6-12(9-11)15(19)17-13-7-2-1-3-8-14(13)18/h4-6,9,13-14,18H,1-3,7-8,10H2,(H,17,19). The Morgan fingerprint density at radius 1 is 1.32 bits per heavy atom. The molecule has 1 fully saturated rings. The zero-order valence-corrected chi connectivity index (χ0v) is 11.7. The van der Waals surface area contributed by atoms with E-state index in [2.05, 4.69) is 5.32 Å². The fourth-order valence-electron chi connectivity index (χ4n) is 2.50. The molecule has 19 heavy (non-hydrogen) atoms. The van der Waals surface area contributed by atoms with Crippen LogP contribution in [-0.2, 0) is 5.88 Å². The maximum atomic E-state index is 12.2. The first-order valence-corrected chi connectivity index (χ1v) is 7.38. The van der Waals surface area contributed by atoms with Crippen LogP contribution in [0.3, 0.4) is 0 Å². The van der Waals surface area contributed by atoms with Gasteiger partial charge in [-0.3, -0.25) is 4.79 Å². The van der Waals surface area contributed by atoms with Gasteiger partial charge in [-0.25, -0.2) is 0 Å². The van der Waals surface area contributed by atoms with E-state index < -0.39 is 6.10 Å². The van der Waals surface area contributed by atoms with E-state index in [0.717, 1.165) is 37.7 Å². The maximum Gasteiger partial charge on any atom is 0.251 e. The molecule has 2 atom stereocenters. The van der Waals surface area contributed by atoms with Crippen molar-refractivity contribution in [2.24, 2.45) is 0 Å². The Bertz CT molecular complexity index is 436. The summed E-state index contributed by atoms with van der Waals surface area (Å²) in [6.45, 7) is 0. The van der Waals surface area contributed by atoms with Gasteiger partial charge in [0.25, 0.3) is 5.91 Å². The van der Waals surface area contributed by atoms with Gasteiger partial charge in [0.2, 0.25) is 0 Å². The predicted octanol–water partition coefficient (Wildman–Crippen LogP) is 2.85. The Labute approximate surface area is 119 Å². The molecule has 2 rings (SSSR count). The van der Waals surface area contributed by atoms with E-state index in [9.17, 15) is 9.90 Å². The number of nitrogens with one attached hydrogen (secondary N) is 1. The van der Waals surface area contributed by atoms with E-state index in [1.807, 2.05) is 12.1 Å². The van der Waals surface area contributed by atoms with Crippen LogP contribution in [0.15, 0.2) is 24.3 Å². The molecule has 1 aliphatic rings. The lowest BCUT2D eigenvalue weighted by atomic mass is 10.0. The van der Waals surface area contributed by atoms with E-state index in [1.165, 1.54) is 0 Å². The van der Waals surface area contributed by atoms with Crippen LogP contribution in [0.5, 0.6) is 0 Å². The summed E-state index contributed by atoms with van der Waals surface area (Å²) in [4.78, 5) is 12.2. The number of amides is 1. The molecule has 0 aliphatic heterocycles. The van der Waals surface area contributed by atoms with Crippen LogP contribution in [0.25, 0.3) is 0 Å². The minimum absolute atomic E-state index is 0.127. The summed E-state index contributed by atoms with van der Waals surface area (Å²) in [5.74, 6) is 0.269. The Kier molecular flexibility index (Phi) is 5.23. The topological polar surface area (TPSA) is 49.3 Å². The molecular weight excluding hydrogens is 262 g/mol. The van der Waals surface area contributed by atoms with Crippen LogP contribution in [-0.4, -0.2) is 23.2 Å². The SMILES string of the molecule is O=C(NC1CCCCCC1O)c1cccc(CCl)c1. The molecule has 2 unspecified atom stereocenters. The number of halogens is 1. The molecule has 4 heteroatoms. The lowest BCUT2D eigenvalue weighted by Gasteiger charge is -2.21. The van der Waals surface area contributed by atoms with Crippen molar-refractivity contribution in [2.75, 3.05) is 0 Å². The van der Waals surface area contributed by atoms with Gasteiger partial charge in [-0.15, -0.1) is 11.6 Å². The molecule has 1 aromatic carbocycles. The molecule has 0 aromatic heterocycles. The van der Waals surface area contributed by atoms with Crippen molar-refractivity contribution in [3.05, 3.63) is 35.4 Å². The van der Waals surface area contributed by atoms with Gasteiger partial charge in [-0.1, -0.05) is 31.4 Å². The van der Waals surface area contributed by atoms with Gasteiger partial charge in [-0.2, -0.15) is 0 Å². The average Bonchev–Trinajstić information content (AvgIpc) is 2.64. The number of carbonyl (C=O) groups excluding carboxylic acids is 1. The summed E-state index contributed by atoms with van der Waals surface area (Å²) in [5, 5.41) is 13.0. The molecule has 0 radical (unpaired) electrons. The van der Waals surface area contributed by atoms with Crippen molar-refractivity contribution in [3.8, 4) is 0 Å². The molecule has 0 spiro atoms. The molecule has 1 saturated carbocycles. The number of aliphatic hydroxyl groups excluding tert-OH is 1. The van der Waals surface area contributed by atoms with Gasteiger partial charge >= 0.3 is 0 Å². The third-order valence-electron chi connectivity index (χ3n) is 3.64. The average molecular weight is 282 g/mol. The Hall–Kier alpha value is -1.06. The lowest BCUT2D eigenvalue weighted by Crippen LogP contribution is -2.42.